The van der Waals surface area contributed by atoms with Crippen LogP contribution in [0.2, 0.25) is 0 Å². The first kappa shape index (κ1) is 13.9. The zero-order valence-electron chi connectivity index (χ0n) is 9.53. The summed E-state index contributed by atoms with van der Waals surface area (Å²) in [5, 5.41) is 0. The second kappa shape index (κ2) is 5.68. The van der Waals surface area contributed by atoms with E-state index in [4.69, 9.17) is 5.73 Å². The van der Waals surface area contributed by atoms with Gasteiger partial charge in [0.1, 0.15) is 0 Å². The minimum Gasteiger partial charge on any atom is -0.326 e. The molecule has 0 aliphatic heterocycles. The fraction of sp³-hybridized carbons (Fsp3) is 1.00. The Kier molecular flexibility index (Phi) is 5.63. The van der Waals surface area contributed by atoms with Crippen LogP contribution in [0.15, 0.2) is 0 Å². The first-order chi connectivity index (χ1) is 6.31. The lowest BCUT2D eigenvalue weighted by atomic mass is 10.1. The summed E-state index contributed by atoms with van der Waals surface area (Å²) in [6.45, 7) is 6.38. The molecule has 0 heterocycles. The summed E-state index contributed by atoms with van der Waals surface area (Å²) in [6, 6.07) is -0.278. The van der Waals surface area contributed by atoms with E-state index in [0.29, 0.717) is 6.54 Å². The molecule has 1 unspecified atom stereocenters. The Morgan fingerprint density at radius 2 is 1.86 bits per heavy atom. The van der Waals surface area contributed by atoms with Crippen LogP contribution in [0.25, 0.3) is 0 Å². The van der Waals surface area contributed by atoms with Gasteiger partial charge >= 0.3 is 0 Å². The first-order valence-corrected chi connectivity index (χ1v) is 6.61. The SMILES string of the molecule is CCCN(C)S(=O)(=O)CC(N)C(C)C. The predicted molar refractivity (Wildman–Crippen MR) is 59.5 cm³/mol. The summed E-state index contributed by atoms with van der Waals surface area (Å²) in [7, 11) is -1.56. The highest BCUT2D eigenvalue weighted by Crippen LogP contribution is 2.06. The first-order valence-electron chi connectivity index (χ1n) is 5.00. The van der Waals surface area contributed by atoms with E-state index in [0.717, 1.165) is 6.42 Å². The van der Waals surface area contributed by atoms with Gasteiger partial charge in [0.25, 0.3) is 0 Å². The molecule has 14 heavy (non-hydrogen) atoms. The van der Waals surface area contributed by atoms with Crippen LogP contribution < -0.4 is 5.73 Å². The number of nitrogens with two attached hydrogens (primary N) is 1. The molecule has 0 saturated heterocycles. The van der Waals surface area contributed by atoms with Gasteiger partial charge in [-0.25, -0.2) is 12.7 Å². The summed E-state index contributed by atoms with van der Waals surface area (Å²) < 4.78 is 24.7. The molecule has 0 rings (SSSR count). The standard InChI is InChI=1S/C9H22N2O2S/c1-5-6-11(4)14(12,13)7-9(10)8(2)3/h8-9H,5-7,10H2,1-4H3. The highest BCUT2D eigenvalue weighted by atomic mass is 32.2. The van der Waals surface area contributed by atoms with Gasteiger partial charge in [-0.2, -0.15) is 0 Å². The van der Waals surface area contributed by atoms with E-state index >= 15 is 0 Å². The smallest absolute Gasteiger partial charge is 0.215 e. The quantitative estimate of drug-likeness (QED) is 0.717. The summed E-state index contributed by atoms with van der Waals surface area (Å²) in [6.07, 6.45) is 0.826. The molecule has 0 aliphatic carbocycles. The lowest BCUT2D eigenvalue weighted by molar-refractivity contribution is 0.451. The summed E-state index contributed by atoms with van der Waals surface area (Å²) >= 11 is 0. The van der Waals surface area contributed by atoms with Gasteiger partial charge in [-0.1, -0.05) is 20.8 Å². The van der Waals surface area contributed by atoms with Gasteiger partial charge in [0.15, 0.2) is 0 Å². The van der Waals surface area contributed by atoms with E-state index in [-0.39, 0.29) is 17.7 Å². The maximum absolute atomic E-state index is 11.7. The molecule has 5 heteroatoms. The molecule has 0 saturated carbocycles. The van der Waals surface area contributed by atoms with Crippen molar-refractivity contribution < 1.29 is 8.42 Å². The largest absolute Gasteiger partial charge is 0.326 e. The van der Waals surface area contributed by atoms with Crippen molar-refractivity contribution in [1.29, 1.82) is 0 Å². The van der Waals surface area contributed by atoms with E-state index in [1.165, 1.54) is 4.31 Å². The zero-order valence-corrected chi connectivity index (χ0v) is 10.3. The number of hydrogen-bond acceptors (Lipinski definition) is 3. The van der Waals surface area contributed by atoms with Crippen LogP contribution in [-0.4, -0.2) is 38.1 Å². The second-order valence-electron chi connectivity index (χ2n) is 4.01. The molecule has 0 spiro atoms. The summed E-state index contributed by atoms with van der Waals surface area (Å²) in [5.41, 5.74) is 5.73. The molecule has 0 amide bonds. The van der Waals surface area contributed by atoms with Crippen molar-refractivity contribution in [3.05, 3.63) is 0 Å². The minimum atomic E-state index is -3.16. The van der Waals surface area contributed by atoms with Crippen LogP contribution in [0.5, 0.6) is 0 Å². The van der Waals surface area contributed by atoms with Crippen LogP contribution in [-0.2, 0) is 10.0 Å². The van der Waals surface area contributed by atoms with Crippen molar-refractivity contribution in [2.24, 2.45) is 11.7 Å². The molecule has 0 fully saturated rings. The second-order valence-corrected chi connectivity index (χ2v) is 6.13. The molecular weight excluding hydrogens is 200 g/mol. The van der Waals surface area contributed by atoms with Crippen LogP contribution in [0.3, 0.4) is 0 Å². The summed E-state index contributed by atoms with van der Waals surface area (Å²) in [5.74, 6) is 0.237. The fourth-order valence-corrected chi connectivity index (χ4v) is 2.60. The number of nitrogens with zero attached hydrogens (tertiary/aromatic N) is 1. The molecule has 4 nitrogen and oxygen atoms in total. The van der Waals surface area contributed by atoms with Gasteiger partial charge in [-0.15, -0.1) is 0 Å². The number of hydrogen-bond donors (Lipinski definition) is 1. The maximum Gasteiger partial charge on any atom is 0.215 e. The van der Waals surface area contributed by atoms with Crippen molar-refractivity contribution in [2.75, 3.05) is 19.3 Å². The topological polar surface area (TPSA) is 63.4 Å². The van der Waals surface area contributed by atoms with Crippen molar-refractivity contribution in [2.45, 2.75) is 33.2 Å². The Hall–Kier alpha value is -0.130. The normalized spacial score (nSPS) is 15.1. The van der Waals surface area contributed by atoms with E-state index < -0.39 is 10.0 Å². The van der Waals surface area contributed by atoms with Crippen LogP contribution in [0.4, 0.5) is 0 Å². The molecule has 1 atom stereocenters. The molecular formula is C9H22N2O2S. The van der Waals surface area contributed by atoms with Gasteiger partial charge in [0.05, 0.1) is 5.75 Å². The molecule has 0 aromatic heterocycles. The lowest BCUT2D eigenvalue weighted by Crippen LogP contribution is -2.40. The molecule has 0 aliphatic rings. The van der Waals surface area contributed by atoms with Gasteiger partial charge in [0, 0.05) is 19.6 Å². The van der Waals surface area contributed by atoms with Gasteiger partial charge < -0.3 is 5.73 Å². The fourth-order valence-electron chi connectivity index (χ4n) is 1.02. The Morgan fingerprint density at radius 1 is 1.36 bits per heavy atom. The highest BCUT2D eigenvalue weighted by molar-refractivity contribution is 7.89. The number of rotatable bonds is 6. The van der Waals surface area contributed by atoms with Crippen LogP contribution in [0, 0.1) is 5.92 Å². The predicted octanol–water partition coefficient (Wildman–Crippen LogP) is 0.641. The molecule has 0 radical (unpaired) electrons. The number of sulfonamides is 1. The third kappa shape index (κ3) is 4.39. The van der Waals surface area contributed by atoms with Gasteiger partial charge in [-0.3, -0.25) is 0 Å². The minimum absolute atomic E-state index is 0.0428. The van der Waals surface area contributed by atoms with Crippen molar-refractivity contribution in [3.63, 3.8) is 0 Å². The highest BCUT2D eigenvalue weighted by Gasteiger charge is 2.22. The van der Waals surface area contributed by atoms with E-state index in [1.807, 2.05) is 20.8 Å². The van der Waals surface area contributed by atoms with Crippen LogP contribution in [0.1, 0.15) is 27.2 Å². The van der Waals surface area contributed by atoms with E-state index in [1.54, 1.807) is 7.05 Å². The molecule has 0 aromatic carbocycles. The summed E-state index contributed by atoms with van der Waals surface area (Å²) in [4.78, 5) is 0. The molecule has 0 bridgehead atoms. The molecule has 86 valence electrons. The Bertz CT molecular complexity index is 250. The van der Waals surface area contributed by atoms with E-state index in [9.17, 15) is 8.42 Å². The van der Waals surface area contributed by atoms with E-state index in [2.05, 4.69) is 0 Å². The van der Waals surface area contributed by atoms with Crippen molar-refractivity contribution >= 4 is 10.0 Å². The Morgan fingerprint density at radius 3 is 2.21 bits per heavy atom. The Labute approximate surface area is 87.5 Å². The van der Waals surface area contributed by atoms with Gasteiger partial charge in [-0.05, 0) is 12.3 Å². The van der Waals surface area contributed by atoms with Gasteiger partial charge in [0.2, 0.25) is 10.0 Å². The Balaban J connectivity index is 4.34. The lowest BCUT2D eigenvalue weighted by Gasteiger charge is -2.21. The molecule has 2 N–H and O–H groups in total. The average molecular weight is 222 g/mol. The third-order valence-corrected chi connectivity index (χ3v) is 4.21. The van der Waals surface area contributed by atoms with Crippen molar-refractivity contribution in [1.82, 2.24) is 4.31 Å². The monoisotopic (exact) mass is 222 g/mol. The van der Waals surface area contributed by atoms with Crippen molar-refractivity contribution in [3.8, 4) is 0 Å². The van der Waals surface area contributed by atoms with Crippen LogP contribution >= 0.6 is 0 Å². The third-order valence-electron chi connectivity index (χ3n) is 2.27. The maximum atomic E-state index is 11.7. The average Bonchev–Trinajstić information content (AvgIpc) is 2.03. The molecule has 0 aromatic rings. The zero-order chi connectivity index (χ0) is 11.4.